The van der Waals surface area contributed by atoms with E-state index in [-0.39, 0.29) is 0 Å². The highest BCUT2D eigenvalue weighted by Gasteiger charge is 2.21. The van der Waals surface area contributed by atoms with Gasteiger partial charge in [-0.1, -0.05) is 36.7 Å². The standard InChI is InChI=1S/C16H19ClN4/c1-2-9-18-16-19-11-13(17)15(20-16)21-10-5-7-12-6-3-4-8-14(12)21/h3-4,6,8,11H,2,5,7,9-10H2,1H3,(H,18,19,20). The van der Waals surface area contributed by atoms with Crippen LogP contribution in [0.2, 0.25) is 5.02 Å². The molecule has 3 rings (SSSR count). The van der Waals surface area contributed by atoms with Crippen LogP contribution in [0.15, 0.2) is 30.5 Å². The van der Waals surface area contributed by atoms with Crippen LogP contribution in [0.1, 0.15) is 25.3 Å². The van der Waals surface area contributed by atoms with Crippen LogP contribution in [0.3, 0.4) is 0 Å². The van der Waals surface area contributed by atoms with Crippen molar-refractivity contribution in [2.24, 2.45) is 0 Å². The predicted octanol–water partition coefficient (Wildman–Crippen LogP) is 4.04. The first kappa shape index (κ1) is 14.1. The van der Waals surface area contributed by atoms with Crippen molar-refractivity contribution in [1.82, 2.24) is 9.97 Å². The Labute approximate surface area is 130 Å². The summed E-state index contributed by atoms with van der Waals surface area (Å²) in [6.45, 7) is 3.91. The number of aryl methyl sites for hydroxylation is 1. The molecule has 21 heavy (non-hydrogen) atoms. The zero-order valence-electron chi connectivity index (χ0n) is 12.1. The smallest absolute Gasteiger partial charge is 0.224 e. The van der Waals surface area contributed by atoms with E-state index in [0.29, 0.717) is 11.0 Å². The van der Waals surface area contributed by atoms with Gasteiger partial charge in [-0.15, -0.1) is 0 Å². The molecule has 5 heteroatoms. The zero-order valence-corrected chi connectivity index (χ0v) is 12.9. The molecule has 0 fully saturated rings. The third-order valence-corrected chi connectivity index (χ3v) is 3.89. The van der Waals surface area contributed by atoms with E-state index in [4.69, 9.17) is 11.6 Å². The molecule has 0 bridgehead atoms. The summed E-state index contributed by atoms with van der Waals surface area (Å²) in [5.41, 5.74) is 2.55. The van der Waals surface area contributed by atoms with Gasteiger partial charge in [0.25, 0.3) is 0 Å². The molecule has 0 saturated heterocycles. The predicted molar refractivity (Wildman–Crippen MR) is 87.6 cm³/mol. The highest BCUT2D eigenvalue weighted by molar-refractivity contribution is 6.33. The summed E-state index contributed by atoms with van der Waals surface area (Å²) in [4.78, 5) is 11.0. The van der Waals surface area contributed by atoms with E-state index in [2.05, 4.69) is 51.4 Å². The summed E-state index contributed by atoms with van der Waals surface area (Å²) in [5.74, 6) is 1.43. The molecule has 1 aromatic heterocycles. The Morgan fingerprint density at radius 2 is 2.19 bits per heavy atom. The van der Waals surface area contributed by atoms with Crippen molar-refractivity contribution in [3.8, 4) is 0 Å². The Balaban J connectivity index is 1.97. The zero-order chi connectivity index (χ0) is 14.7. The van der Waals surface area contributed by atoms with Gasteiger partial charge in [-0.25, -0.2) is 4.98 Å². The minimum Gasteiger partial charge on any atom is -0.354 e. The van der Waals surface area contributed by atoms with Gasteiger partial charge in [0, 0.05) is 18.8 Å². The Morgan fingerprint density at radius 3 is 3.05 bits per heavy atom. The van der Waals surface area contributed by atoms with E-state index in [0.717, 1.165) is 38.2 Å². The summed E-state index contributed by atoms with van der Waals surface area (Å²) in [5, 5.41) is 3.81. The molecule has 1 N–H and O–H groups in total. The summed E-state index contributed by atoms with van der Waals surface area (Å²) in [6.07, 6.45) is 4.93. The van der Waals surface area contributed by atoms with E-state index in [9.17, 15) is 0 Å². The van der Waals surface area contributed by atoms with Crippen molar-refractivity contribution < 1.29 is 0 Å². The molecule has 0 spiro atoms. The van der Waals surface area contributed by atoms with E-state index in [1.165, 1.54) is 11.3 Å². The van der Waals surface area contributed by atoms with Gasteiger partial charge < -0.3 is 10.2 Å². The number of aromatic nitrogens is 2. The lowest BCUT2D eigenvalue weighted by molar-refractivity contribution is 0.758. The largest absolute Gasteiger partial charge is 0.354 e. The van der Waals surface area contributed by atoms with Gasteiger partial charge >= 0.3 is 0 Å². The first-order valence-electron chi connectivity index (χ1n) is 7.41. The SMILES string of the molecule is CCCNc1ncc(Cl)c(N2CCCc3ccccc32)n1. The fourth-order valence-electron chi connectivity index (χ4n) is 2.62. The quantitative estimate of drug-likeness (QED) is 0.925. The molecular formula is C16H19ClN4. The van der Waals surface area contributed by atoms with Crippen molar-refractivity contribution >= 4 is 29.1 Å². The number of anilines is 3. The summed E-state index contributed by atoms with van der Waals surface area (Å²) in [7, 11) is 0. The fraction of sp³-hybridized carbons (Fsp3) is 0.375. The van der Waals surface area contributed by atoms with E-state index < -0.39 is 0 Å². The van der Waals surface area contributed by atoms with Gasteiger partial charge in [0.1, 0.15) is 5.02 Å². The summed E-state index contributed by atoms with van der Waals surface area (Å²) >= 11 is 6.34. The molecule has 2 heterocycles. The lowest BCUT2D eigenvalue weighted by atomic mass is 10.0. The number of fused-ring (bicyclic) bond motifs is 1. The average Bonchev–Trinajstić information content (AvgIpc) is 2.54. The number of nitrogens with one attached hydrogen (secondary N) is 1. The second-order valence-electron chi connectivity index (χ2n) is 5.18. The van der Waals surface area contributed by atoms with Gasteiger partial charge in [-0.2, -0.15) is 4.98 Å². The second-order valence-corrected chi connectivity index (χ2v) is 5.58. The van der Waals surface area contributed by atoms with E-state index in [1.807, 2.05) is 0 Å². The van der Waals surface area contributed by atoms with Gasteiger partial charge in [-0.3, -0.25) is 0 Å². The average molecular weight is 303 g/mol. The maximum Gasteiger partial charge on any atom is 0.224 e. The van der Waals surface area contributed by atoms with Crippen molar-refractivity contribution in [1.29, 1.82) is 0 Å². The molecule has 1 aliphatic heterocycles. The molecular weight excluding hydrogens is 284 g/mol. The molecule has 110 valence electrons. The maximum atomic E-state index is 6.34. The minimum absolute atomic E-state index is 0.591. The number of halogens is 1. The lowest BCUT2D eigenvalue weighted by Crippen LogP contribution is -2.26. The Bertz CT molecular complexity index is 629. The third kappa shape index (κ3) is 2.95. The molecule has 1 aliphatic rings. The Morgan fingerprint density at radius 1 is 1.33 bits per heavy atom. The van der Waals surface area contributed by atoms with Crippen molar-refractivity contribution in [3.05, 3.63) is 41.0 Å². The molecule has 1 aromatic carbocycles. The number of para-hydroxylation sites is 1. The number of hydrogen-bond donors (Lipinski definition) is 1. The van der Waals surface area contributed by atoms with Crippen LogP contribution in [0.5, 0.6) is 0 Å². The first-order chi connectivity index (χ1) is 10.3. The number of rotatable bonds is 4. The number of hydrogen-bond acceptors (Lipinski definition) is 4. The molecule has 2 aromatic rings. The minimum atomic E-state index is 0.591. The van der Waals surface area contributed by atoms with Crippen LogP contribution >= 0.6 is 11.6 Å². The van der Waals surface area contributed by atoms with Crippen LogP contribution in [0.25, 0.3) is 0 Å². The fourth-order valence-corrected chi connectivity index (χ4v) is 2.82. The topological polar surface area (TPSA) is 41.1 Å². The van der Waals surface area contributed by atoms with Crippen molar-refractivity contribution in [2.75, 3.05) is 23.3 Å². The van der Waals surface area contributed by atoms with Crippen LogP contribution in [0.4, 0.5) is 17.5 Å². The second kappa shape index (κ2) is 6.31. The maximum absolute atomic E-state index is 6.34. The van der Waals surface area contributed by atoms with Gasteiger partial charge in [0.05, 0.1) is 6.20 Å². The molecule has 0 atom stereocenters. The van der Waals surface area contributed by atoms with E-state index in [1.54, 1.807) is 6.20 Å². The van der Waals surface area contributed by atoms with Gasteiger partial charge in [0.2, 0.25) is 5.95 Å². The lowest BCUT2D eigenvalue weighted by Gasteiger charge is -2.31. The summed E-state index contributed by atoms with van der Waals surface area (Å²) in [6, 6.07) is 8.44. The third-order valence-electron chi connectivity index (χ3n) is 3.62. The molecule has 0 amide bonds. The highest BCUT2D eigenvalue weighted by Crippen LogP contribution is 2.35. The molecule has 4 nitrogen and oxygen atoms in total. The molecule has 0 radical (unpaired) electrons. The first-order valence-corrected chi connectivity index (χ1v) is 7.79. The van der Waals surface area contributed by atoms with Crippen LogP contribution in [-0.4, -0.2) is 23.1 Å². The summed E-state index contributed by atoms with van der Waals surface area (Å²) < 4.78 is 0. The number of benzene rings is 1. The highest BCUT2D eigenvalue weighted by atomic mass is 35.5. The monoisotopic (exact) mass is 302 g/mol. The van der Waals surface area contributed by atoms with Crippen LogP contribution in [0, 0.1) is 0 Å². The Hall–Kier alpha value is -1.81. The molecule has 0 aliphatic carbocycles. The normalized spacial score (nSPS) is 13.9. The molecule has 0 unspecified atom stereocenters. The molecule has 0 saturated carbocycles. The van der Waals surface area contributed by atoms with Crippen LogP contribution < -0.4 is 10.2 Å². The Kier molecular flexibility index (Phi) is 4.25. The van der Waals surface area contributed by atoms with Crippen molar-refractivity contribution in [2.45, 2.75) is 26.2 Å². The van der Waals surface area contributed by atoms with E-state index >= 15 is 0 Å². The van der Waals surface area contributed by atoms with Crippen molar-refractivity contribution in [3.63, 3.8) is 0 Å². The van der Waals surface area contributed by atoms with Gasteiger partial charge in [-0.05, 0) is 30.9 Å². The number of nitrogens with zero attached hydrogens (tertiary/aromatic N) is 3. The van der Waals surface area contributed by atoms with Gasteiger partial charge in [0.15, 0.2) is 5.82 Å². The van der Waals surface area contributed by atoms with Crippen LogP contribution in [-0.2, 0) is 6.42 Å².